The van der Waals surface area contributed by atoms with E-state index in [2.05, 4.69) is 12.2 Å². The quantitative estimate of drug-likeness (QED) is 0.792. The van der Waals surface area contributed by atoms with E-state index in [0.717, 1.165) is 29.0 Å². The molecule has 4 heteroatoms. The molecule has 2 aromatic carbocycles. The number of amides is 1. The van der Waals surface area contributed by atoms with Gasteiger partial charge in [0.15, 0.2) is 6.10 Å². The highest BCUT2D eigenvalue weighted by molar-refractivity contribution is 5.81. The van der Waals surface area contributed by atoms with Gasteiger partial charge in [0.2, 0.25) is 0 Å². The third kappa shape index (κ3) is 5.52. The Balaban J connectivity index is 1.84. The topological polar surface area (TPSA) is 47.6 Å². The lowest BCUT2D eigenvalue weighted by molar-refractivity contribution is -0.128. The fourth-order valence-electron chi connectivity index (χ4n) is 2.49. The van der Waals surface area contributed by atoms with Gasteiger partial charge in [-0.05, 0) is 50.5 Å². The molecule has 1 N–H and O–H groups in total. The Bertz CT molecular complexity index is 699. The molecule has 0 bridgehead atoms. The molecule has 0 fully saturated rings. The molecule has 0 heterocycles. The SMILES string of the molecule is CCc1ccccc1O[C@H](C)C(=O)N[C@H](C)COc1ccccc1C. The van der Waals surface area contributed by atoms with Crippen molar-refractivity contribution in [1.82, 2.24) is 5.32 Å². The van der Waals surface area contributed by atoms with Crippen molar-refractivity contribution < 1.29 is 14.3 Å². The van der Waals surface area contributed by atoms with Gasteiger partial charge in [0.05, 0.1) is 6.04 Å². The highest BCUT2D eigenvalue weighted by Crippen LogP contribution is 2.20. The molecular formula is C21H27NO3. The molecule has 0 unspecified atom stereocenters. The molecule has 2 rings (SSSR count). The third-order valence-electron chi connectivity index (χ3n) is 4.00. The van der Waals surface area contributed by atoms with Crippen LogP contribution in [0.15, 0.2) is 48.5 Å². The summed E-state index contributed by atoms with van der Waals surface area (Å²) in [5.74, 6) is 1.45. The minimum atomic E-state index is -0.561. The Morgan fingerprint density at radius 1 is 1.04 bits per heavy atom. The maximum Gasteiger partial charge on any atom is 0.261 e. The van der Waals surface area contributed by atoms with E-state index in [1.807, 2.05) is 62.4 Å². The first-order valence-corrected chi connectivity index (χ1v) is 8.74. The summed E-state index contributed by atoms with van der Waals surface area (Å²) in [4.78, 5) is 12.3. The van der Waals surface area contributed by atoms with Crippen LogP contribution in [0.25, 0.3) is 0 Å². The summed E-state index contributed by atoms with van der Waals surface area (Å²) < 4.78 is 11.6. The van der Waals surface area contributed by atoms with Gasteiger partial charge in [0.1, 0.15) is 18.1 Å². The van der Waals surface area contributed by atoms with E-state index in [0.29, 0.717) is 6.61 Å². The second-order valence-corrected chi connectivity index (χ2v) is 6.21. The fourth-order valence-corrected chi connectivity index (χ4v) is 2.49. The van der Waals surface area contributed by atoms with Crippen molar-refractivity contribution in [3.63, 3.8) is 0 Å². The molecule has 0 aliphatic heterocycles. The Kier molecular flexibility index (Phi) is 6.87. The number of nitrogens with one attached hydrogen (secondary N) is 1. The molecule has 2 aromatic rings. The average molecular weight is 341 g/mol. The van der Waals surface area contributed by atoms with Crippen molar-refractivity contribution in [3.8, 4) is 11.5 Å². The van der Waals surface area contributed by atoms with E-state index in [1.54, 1.807) is 6.92 Å². The van der Waals surface area contributed by atoms with Crippen molar-refractivity contribution in [1.29, 1.82) is 0 Å². The number of carbonyl (C=O) groups is 1. The summed E-state index contributed by atoms with van der Waals surface area (Å²) in [6.45, 7) is 8.16. The van der Waals surface area contributed by atoms with E-state index >= 15 is 0 Å². The normalized spacial score (nSPS) is 13.0. The monoisotopic (exact) mass is 341 g/mol. The predicted octanol–water partition coefficient (Wildman–Crippen LogP) is 3.91. The zero-order chi connectivity index (χ0) is 18.2. The van der Waals surface area contributed by atoms with Crippen LogP contribution in [0, 0.1) is 6.92 Å². The van der Waals surface area contributed by atoms with Crippen LogP contribution in [-0.2, 0) is 11.2 Å². The number of para-hydroxylation sites is 2. The van der Waals surface area contributed by atoms with Gasteiger partial charge in [0, 0.05) is 0 Å². The lowest BCUT2D eigenvalue weighted by Gasteiger charge is -2.20. The van der Waals surface area contributed by atoms with Crippen LogP contribution < -0.4 is 14.8 Å². The molecule has 1 amide bonds. The van der Waals surface area contributed by atoms with Gasteiger partial charge in [-0.3, -0.25) is 4.79 Å². The Hall–Kier alpha value is -2.49. The molecule has 4 nitrogen and oxygen atoms in total. The number of benzene rings is 2. The summed E-state index contributed by atoms with van der Waals surface area (Å²) in [5, 5.41) is 2.94. The largest absolute Gasteiger partial charge is 0.491 e. The molecule has 134 valence electrons. The summed E-state index contributed by atoms with van der Waals surface area (Å²) in [7, 11) is 0. The minimum absolute atomic E-state index is 0.112. The third-order valence-corrected chi connectivity index (χ3v) is 4.00. The predicted molar refractivity (Wildman–Crippen MR) is 100 cm³/mol. The molecule has 0 spiro atoms. The van der Waals surface area contributed by atoms with Gasteiger partial charge >= 0.3 is 0 Å². The summed E-state index contributed by atoms with van der Waals surface area (Å²) in [6.07, 6.45) is 0.305. The molecule has 0 aromatic heterocycles. The number of aryl methyl sites for hydroxylation is 2. The van der Waals surface area contributed by atoms with Crippen LogP contribution in [0.1, 0.15) is 31.9 Å². The van der Waals surface area contributed by atoms with Crippen molar-refractivity contribution in [3.05, 3.63) is 59.7 Å². The van der Waals surface area contributed by atoms with E-state index in [4.69, 9.17) is 9.47 Å². The van der Waals surface area contributed by atoms with Crippen molar-refractivity contribution in [2.24, 2.45) is 0 Å². The van der Waals surface area contributed by atoms with E-state index < -0.39 is 6.10 Å². The number of hydrogen-bond donors (Lipinski definition) is 1. The number of hydrogen-bond acceptors (Lipinski definition) is 3. The number of ether oxygens (including phenoxy) is 2. The van der Waals surface area contributed by atoms with Gasteiger partial charge < -0.3 is 14.8 Å². The lowest BCUT2D eigenvalue weighted by Crippen LogP contribution is -2.43. The Morgan fingerprint density at radius 2 is 1.68 bits per heavy atom. The van der Waals surface area contributed by atoms with Crippen LogP contribution in [0.4, 0.5) is 0 Å². The lowest BCUT2D eigenvalue weighted by atomic mass is 10.1. The van der Waals surface area contributed by atoms with Crippen molar-refractivity contribution in [2.45, 2.75) is 46.3 Å². The zero-order valence-electron chi connectivity index (χ0n) is 15.4. The highest BCUT2D eigenvalue weighted by atomic mass is 16.5. The Morgan fingerprint density at radius 3 is 2.36 bits per heavy atom. The van der Waals surface area contributed by atoms with E-state index in [1.165, 1.54) is 0 Å². The van der Waals surface area contributed by atoms with Gasteiger partial charge in [-0.15, -0.1) is 0 Å². The summed E-state index contributed by atoms with van der Waals surface area (Å²) in [5.41, 5.74) is 2.17. The standard InChI is InChI=1S/C21H27NO3/c1-5-18-11-7-9-13-20(18)25-17(4)21(23)22-16(3)14-24-19-12-8-6-10-15(19)2/h6-13,16-17H,5,14H2,1-4H3,(H,22,23)/t16-,17-/m1/s1. The van der Waals surface area contributed by atoms with Crippen LogP contribution >= 0.6 is 0 Å². The van der Waals surface area contributed by atoms with Crippen LogP contribution in [-0.4, -0.2) is 24.7 Å². The maximum atomic E-state index is 12.3. The zero-order valence-corrected chi connectivity index (χ0v) is 15.4. The molecule has 0 saturated heterocycles. The molecule has 25 heavy (non-hydrogen) atoms. The van der Waals surface area contributed by atoms with Crippen LogP contribution in [0.5, 0.6) is 11.5 Å². The number of carbonyl (C=O) groups excluding carboxylic acids is 1. The Labute approximate surface area is 150 Å². The second kappa shape index (κ2) is 9.11. The molecule has 0 aliphatic rings. The molecule has 0 aliphatic carbocycles. The minimum Gasteiger partial charge on any atom is -0.491 e. The van der Waals surface area contributed by atoms with E-state index in [-0.39, 0.29) is 11.9 Å². The molecular weight excluding hydrogens is 314 g/mol. The van der Waals surface area contributed by atoms with Gasteiger partial charge in [-0.2, -0.15) is 0 Å². The van der Waals surface area contributed by atoms with E-state index in [9.17, 15) is 4.79 Å². The smallest absolute Gasteiger partial charge is 0.261 e. The van der Waals surface area contributed by atoms with Crippen LogP contribution in [0.3, 0.4) is 0 Å². The summed E-state index contributed by atoms with van der Waals surface area (Å²) in [6, 6.07) is 15.5. The van der Waals surface area contributed by atoms with Crippen molar-refractivity contribution >= 4 is 5.91 Å². The molecule has 0 saturated carbocycles. The molecule has 0 radical (unpaired) electrons. The highest BCUT2D eigenvalue weighted by Gasteiger charge is 2.18. The second-order valence-electron chi connectivity index (χ2n) is 6.21. The maximum absolute atomic E-state index is 12.3. The average Bonchev–Trinajstić information content (AvgIpc) is 2.61. The fraction of sp³-hybridized carbons (Fsp3) is 0.381. The first-order chi connectivity index (χ1) is 12.0. The first kappa shape index (κ1) is 18.8. The van der Waals surface area contributed by atoms with Gasteiger partial charge in [-0.1, -0.05) is 43.3 Å². The van der Waals surface area contributed by atoms with Gasteiger partial charge in [-0.25, -0.2) is 0 Å². The first-order valence-electron chi connectivity index (χ1n) is 8.74. The summed E-state index contributed by atoms with van der Waals surface area (Å²) >= 11 is 0. The number of rotatable bonds is 8. The van der Waals surface area contributed by atoms with Crippen LogP contribution in [0.2, 0.25) is 0 Å². The molecule has 2 atom stereocenters. The van der Waals surface area contributed by atoms with Gasteiger partial charge in [0.25, 0.3) is 5.91 Å². The van der Waals surface area contributed by atoms with Crippen molar-refractivity contribution in [2.75, 3.05) is 6.61 Å².